The second-order valence-electron chi connectivity index (χ2n) is 14.1. The molecule has 10 nitrogen and oxygen atoms in total. The fraction of sp³-hybridized carbons (Fsp3) is 0.541. The van der Waals surface area contributed by atoms with Gasteiger partial charge in [-0.3, -0.25) is 19.2 Å². The van der Waals surface area contributed by atoms with Crippen molar-refractivity contribution in [2.45, 2.75) is 108 Å². The van der Waals surface area contributed by atoms with Gasteiger partial charge in [-0.05, 0) is 78.8 Å². The highest BCUT2D eigenvalue weighted by molar-refractivity contribution is 6.38. The Morgan fingerprint density at radius 1 is 0.938 bits per heavy atom. The Morgan fingerprint density at radius 3 is 2.38 bits per heavy atom. The summed E-state index contributed by atoms with van der Waals surface area (Å²) in [5, 5.41) is 8.76. The van der Waals surface area contributed by atoms with Crippen LogP contribution in [-0.4, -0.2) is 48.2 Å². The summed E-state index contributed by atoms with van der Waals surface area (Å²) in [4.78, 5) is 64.8. The van der Waals surface area contributed by atoms with Crippen LogP contribution in [0.1, 0.15) is 100.0 Å². The van der Waals surface area contributed by atoms with Crippen LogP contribution in [0.3, 0.4) is 0 Å². The molecule has 1 saturated carbocycles. The molecular formula is C37H47ClN4O6. The van der Waals surface area contributed by atoms with Crippen LogP contribution in [0, 0.1) is 11.8 Å². The maximum Gasteiger partial charge on any atom is 0.408 e. The molecule has 258 valence electrons. The average molecular weight is 679 g/mol. The van der Waals surface area contributed by atoms with E-state index >= 15 is 0 Å². The van der Waals surface area contributed by atoms with Gasteiger partial charge < -0.3 is 26.4 Å². The van der Waals surface area contributed by atoms with Crippen molar-refractivity contribution in [3.05, 3.63) is 69.7 Å². The van der Waals surface area contributed by atoms with Gasteiger partial charge in [-0.25, -0.2) is 4.79 Å². The summed E-state index contributed by atoms with van der Waals surface area (Å²) >= 11 is 6.39. The van der Waals surface area contributed by atoms with Crippen molar-refractivity contribution in [3.63, 3.8) is 0 Å². The molecule has 4 amide bonds. The van der Waals surface area contributed by atoms with E-state index in [1.54, 1.807) is 6.07 Å². The Bertz CT molecular complexity index is 1540. The number of rotatable bonds is 13. The number of primary amides is 1. The van der Waals surface area contributed by atoms with Crippen LogP contribution >= 0.6 is 11.6 Å². The minimum Gasteiger partial charge on any atom is -0.440 e. The number of halogens is 1. The fourth-order valence-electron chi connectivity index (χ4n) is 7.53. The van der Waals surface area contributed by atoms with Crippen LogP contribution in [-0.2, 0) is 42.2 Å². The summed E-state index contributed by atoms with van der Waals surface area (Å²) in [5.41, 5.74) is 8.87. The molecule has 0 radical (unpaired) electrons. The van der Waals surface area contributed by atoms with Gasteiger partial charge >= 0.3 is 6.09 Å². The lowest BCUT2D eigenvalue weighted by atomic mass is 9.76. The number of carbonyl (C=O) groups excluding carboxylic acids is 5. The van der Waals surface area contributed by atoms with Crippen molar-refractivity contribution in [3.8, 4) is 0 Å². The Hall–Kier alpha value is -3.92. The number of nitrogens with two attached hydrogens (primary N) is 1. The zero-order chi connectivity index (χ0) is 34.4. The topological polar surface area (TPSA) is 157 Å². The Morgan fingerprint density at radius 2 is 1.69 bits per heavy atom. The van der Waals surface area contributed by atoms with E-state index in [4.69, 9.17) is 22.1 Å². The number of ketones is 1. The molecule has 1 unspecified atom stereocenters. The summed E-state index contributed by atoms with van der Waals surface area (Å²) < 4.78 is 6.27. The molecule has 1 saturated heterocycles. The maximum absolute atomic E-state index is 13.9. The largest absolute Gasteiger partial charge is 0.440 e. The number of amides is 4. The van der Waals surface area contributed by atoms with E-state index < -0.39 is 53.2 Å². The lowest BCUT2D eigenvalue weighted by Crippen LogP contribution is -2.54. The minimum atomic E-state index is -1.29. The number of carbonyl (C=O) groups is 5. The Kier molecular flexibility index (Phi) is 11.5. The van der Waals surface area contributed by atoms with Gasteiger partial charge in [0.05, 0.1) is 6.04 Å². The molecule has 5 N–H and O–H groups in total. The molecule has 1 heterocycles. The van der Waals surface area contributed by atoms with Gasteiger partial charge in [-0.15, -0.1) is 0 Å². The Balaban J connectivity index is 1.40. The first-order valence-corrected chi connectivity index (χ1v) is 17.6. The first-order valence-electron chi connectivity index (χ1n) is 17.2. The van der Waals surface area contributed by atoms with Crippen molar-refractivity contribution in [2.24, 2.45) is 17.6 Å². The summed E-state index contributed by atoms with van der Waals surface area (Å²) in [7, 11) is 0. The number of fused-ring (bicyclic) bond motifs is 1. The van der Waals surface area contributed by atoms with E-state index in [9.17, 15) is 24.0 Å². The number of aryl methyl sites for hydroxylation is 2. The lowest BCUT2D eigenvalue weighted by molar-refractivity contribution is -0.139. The summed E-state index contributed by atoms with van der Waals surface area (Å²) in [6.07, 6.45) is 7.26. The van der Waals surface area contributed by atoms with E-state index in [2.05, 4.69) is 28.1 Å². The predicted molar refractivity (Wildman–Crippen MR) is 182 cm³/mol. The van der Waals surface area contributed by atoms with Crippen LogP contribution in [0.25, 0.3) is 0 Å². The monoisotopic (exact) mass is 678 g/mol. The molecule has 0 aromatic heterocycles. The highest BCUT2D eigenvalue weighted by atomic mass is 35.5. The molecule has 2 aromatic carbocycles. The third-order valence-electron chi connectivity index (χ3n) is 10.3. The van der Waals surface area contributed by atoms with Crippen molar-refractivity contribution >= 4 is 41.2 Å². The number of Topliss-reactive ketones (excluding diaryl/α,β-unsaturated/α-hetero) is 1. The van der Waals surface area contributed by atoms with Gasteiger partial charge in [0.1, 0.15) is 12.1 Å². The molecule has 2 fully saturated rings. The SMILES string of the molecule is CC(C)(c1cccc(Cl)c1)C(OC(=O)N[C@@H](CC1CCCCC1)C(=O)N[C@@H](C[C@@H]1CCNC1=O)C(=O)C(N)=O)c1ccc2c(c1)CCC2. The number of ether oxygens (including phenoxy) is 1. The van der Waals surface area contributed by atoms with Gasteiger partial charge in [0.2, 0.25) is 17.6 Å². The van der Waals surface area contributed by atoms with E-state index in [0.29, 0.717) is 24.4 Å². The number of hydrogen-bond acceptors (Lipinski definition) is 6. The van der Waals surface area contributed by atoms with Crippen molar-refractivity contribution in [1.29, 1.82) is 0 Å². The zero-order valence-corrected chi connectivity index (χ0v) is 28.6. The van der Waals surface area contributed by atoms with Gasteiger partial charge in [-0.1, -0.05) is 87.9 Å². The molecule has 5 rings (SSSR count). The first kappa shape index (κ1) is 35.4. The second-order valence-corrected chi connectivity index (χ2v) is 14.6. The van der Waals surface area contributed by atoms with Crippen molar-refractivity contribution in [2.75, 3.05) is 6.54 Å². The highest BCUT2D eigenvalue weighted by Gasteiger charge is 2.39. The number of nitrogens with one attached hydrogen (secondary N) is 3. The van der Waals surface area contributed by atoms with Crippen LogP contribution in [0.15, 0.2) is 42.5 Å². The quantitative estimate of drug-likeness (QED) is 0.219. The molecule has 2 aliphatic carbocycles. The first-order chi connectivity index (χ1) is 22.9. The van der Waals surface area contributed by atoms with Crippen LogP contribution < -0.4 is 21.7 Å². The van der Waals surface area contributed by atoms with Crippen LogP contribution in [0.2, 0.25) is 5.02 Å². The molecular weight excluding hydrogens is 632 g/mol. The molecule has 1 aliphatic heterocycles. The van der Waals surface area contributed by atoms with Gasteiger partial charge in [0.15, 0.2) is 0 Å². The molecule has 4 atom stereocenters. The van der Waals surface area contributed by atoms with Crippen LogP contribution in [0.5, 0.6) is 0 Å². The number of hydrogen-bond donors (Lipinski definition) is 4. The zero-order valence-electron chi connectivity index (χ0n) is 27.8. The van der Waals surface area contributed by atoms with Gasteiger partial charge in [0.25, 0.3) is 5.91 Å². The molecule has 3 aliphatic rings. The number of benzene rings is 2. The highest BCUT2D eigenvalue weighted by Crippen LogP contribution is 2.42. The van der Waals surface area contributed by atoms with E-state index in [-0.39, 0.29) is 18.2 Å². The van der Waals surface area contributed by atoms with E-state index in [1.807, 2.05) is 38.1 Å². The smallest absolute Gasteiger partial charge is 0.408 e. The normalized spacial score (nSPS) is 19.8. The van der Waals surface area contributed by atoms with E-state index in [0.717, 1.165) is 62.5 Å². The minimum absolute atomic E-state index is 0.0613. The summed E-state index contributed by atoms with van der Waals surface area (Å²) in [6.45, 7) is 4.44. The van der Waals surface area contributed by atoms with Crippen LogP contribution in [0.4, 0.5) is 4.79 Å². The summed E-state index contributed by atoms with van der Waals surface area (Å²) in [6, 6.07) is 11.3. The van der Waals surface area contributed by atoms with Gasteiger partial charge in [-0.2, -0.15) is 0 Å². The number of alkyl carbamates (subject to hydrolysis) is 1. The average Bonchev–Trinajstić information content (AvgIpc) is 3.71. The Labute approximate surface area is 287 Å². The standard InChI is InChI=1S/C37H47ClN4O6/c1-37(2,27-12-7-13-28(38)21-27)32(25-15-14-23-10-6-11-24(23)19-25)48-36(47)42-30(18-22-8-4-3-5-9-22)35(46)41-29(31(43)33(39)44)20-26-16-17-40-34(26)45/h7,12-15,19,21-22,26,29-30,32H,3-6,8-11,16-18,20H2,1-2H3,(H2,39,44)(H,40,45)(H,41,46)(H,42,47)/t26-,29-,30-,32?/m0/s1. The predicted octanol–water partition coefficient (Wildman–Crippen LogP) is 4.98. The second kappa shape index (κ2) is 15.5. The third-order valence-corrected chi connectivity index (χ3v) is 10.6. The maximum atomic E-state index is 13.9. The molecule has 0 bridgehead atoms. The lowest BCUT2D eigenvalue weighted by Gasteiger charge is -2.36. The summed E-state index contributed by atoms with van der Waals surface area (Å²) in [5.74, 6) is -3.42. The van der Waals surface area contributed by atoms with Crippen molar-refractivity contribution < 1.29 is 28.7 Å². The molecule has 2 aromatic rings. The fourth-order valence-corrected chi connectivity index (χ4v) is 7.72. The van der Waals surface area contributed by atoms with E-state index in [1.165, 1.54) is 11.1 Å². The molecule has 0 spiro atoms. The molecule has 48 heavy (non-hydrogen) atoms. The van der Waals surface area contributed by atoms with Crippen molar-refractivity contribution in [1.82, 2.24) is 16.0 Å². The third kappa shape index (κ3) is 8.56. The van der Waals surface area contributed by atoms with Gasteiger partial charge in [0, 0.05) is 22.9 Å². The molecule has 11 heteroatoms.